The van der Waals surface area contributed by atoms with Crippen molar-refractivity contribution >= 4 is 29.7 Å². The number of nitrogens with zero attached hydrogens (tertiary/aromatic N) is 2. The van der Waals surface area contributed by atoms with Crippen LogP contribution in [0.1, 0.15) is 94.2 Å². The zero-order chi connectivity index (χ0) is 37.0. The molecule has 15 heteroatoms. The highest BCUT2D eigenvalue weighted by atomic mass is 16.7. The number of aromatic nitrogens is 2. The van der Waals surface area contributed by atoms with Gasteiger partial charge in [-0.05, 0) is 76.8 Å². The minimum Gasteiger partial charge on any atom is -0.465 e. The van der Waals surface area contributed by atoms with E-state index in [4.69, 9.17) is 14.3 Å². The van der Waals surface area contributed by atoms with Crippen LogP contribution in [0, 0.1) is 0 Å². The van der Waals surface area contributed by atoms with Crippen LogP contribution in [-0.2, 0) is 23.1 Å². The molecule has 3 rings (SSSR count). The van der Waals surface area contributed by atoms with Crippen molar-refractivity contribution in [2.45, 2.75) is 65.2 Å². The van der Waals surface area contributed by atoms with Crippen molar-refractivity contribution in [1.82, 2.24) is 25.2 Å². The van der Waals surface area contributed by atoms with Gasteiger partial charge in [0.05, 0.1) is 12.7 Å². The lowest BCUT2D eigenvalue weighted by Gasteiger charge is -2.21. The summed E-state index contributed by atoms with van der Waals surface area (Å²) in [6.45, 7) is 6.58. The van der Waals surface area contributed by atoms with Crippen molar-refractivity contribution in [3.63, 3.8) is 0 Å². The molecule has 0 aliphatic heterocycles. The van der Waals surface area contributed by atoms with E-state index in [2.05, 4.69) is 16.0 Å². The summed E-state index contributed by atoms with van der Waals surface area (Å²) in [6, 6.07) is 13.2. The first kappa shape index (κ1) is 38.7. The van der Waals surface area contributed by atoms with Gasteiger partial charge >= 0.3 is 12.1 Å². The Morgan fingerprint density at radius 1 is 0.820 bits per heavy atom. The molecule has 0 radical (unpaired) electrons. The molecule has 1 atom stereocenters. The van der Waals surface area contributed by atoms with Crippen molar-refractivity contribution in [2.24, 2.45) is 7.05 Å². The van der Waals surface area contributed by atoms with E-state index in [1.54, 1.807) is 51.1 Å². The van der Waals surface area contributed by atoms with Crippen molar-refractivity contribution < 1.29 is 38.3 Å². The third-order valence-corrected chi connectivity index (χ3v) is 7.29. The second kappa shape index (κ2) is 17.6. The zero-order valence-corrected chi connectivity index (χ0v) is 29.0. The number of hydrogen-bond acceptors (Lipinski definition) is 10. The van der Waals surface area contributed by atoms with Crippen LogP contribution in [0.15, 0.2) is 64.2 Å². The molecule has 2 heterocycles. The second-order valence-electron chi connectivity index (χ2n) is 12.3. The minimum absolute atomic E-state index is 0.00975. The van der Waals surface area contributed by atoms with E-state index in [1.807, 2.05) is 0 Å². The Morgan fingerprint density at radius 3 is 2.12 bits per heavy atom. The molecular weight excluding hydrogens is 650 g/mol. The standard InChI is InChI=1S/C35H43N5O10/c1-22(41)25-15-17-27(39(5)31(25)44)30(43)38-24(14-10-11-19-36-34(47)50-35(2,3)4)20-37-29(42)28-18-16-26(33(46)48-6)32(45)40(28)49-21-23-12-8-7-9-13-23/h7-9,12-13,15-18,24H,10-11,14,19-21H2,1-6H3,(H,36,47)(H,37,42)(H,38,43)/t24-/m0/s1. The number of ketones is 1. The molecule has 0 aliphatic rings. The number of hydrogen-bond donors (Lipinski definition) is 3. The van der Waals surface area contributed by atoms with E-state index in [1.165, 1.54) is 32.2 Å². The number of unbranched alkanes of at least 4 members (excludes halogenated alkanes) is 1. The SMILES string of the molecule is COC(=O)c1ccc(C(=O)NC[C@H](CCCCNC(=O)OC(C)(C)C)NC(=O)c2ccc(C(C)=O)c(=O)n2C)n(OCc2ccccc2)c1=O. The number of alkyl carbamates (subject to hydrolysis) is 1. The maximum Gasteiger partial charge on any atom is 0.407 e. The van der Waals surface area contributed by atoms with Gasteiger partial charge in [-0.1, -0.05) is 30.3 Å². The van der Waals surface area contributed by atoms with Gasteiger partial charge in [0.2, 0.25) is 0 Å². The number of benzene rings is 1. The monoisotopic (exact) mass is 693 g/mol. The molecule has 1 aromatic carbocycles. The topological polar surface area (TPSA) is 193 Å². The number of methoxy groups -OCH3 is 1. The second-order valence-corrected chi connectivity index (χ2v) is 12.3. The number of ether oxygens (including phenoxy) is 2. The Labute approximate surface area is 288 Å². The number of nitrogens with one attached hydrogen (secondary N) is 3. The van der Waals surface area contributed by atoms with Crippen LogP contribution < -0.4 is 31.9 Å². The molecule has 3 amide bonds. The zero-order valence-electron chi connectivity index (χ0n) is 29.0. The summed E-state index contributed by atoms with van der Waals surface area (Å²) in [6.07, 6.45) is 0.772. The van der Waals surface area contributed by atoms with Gasteiger partial charge in [-0.15, -0.1) is 4.73 Å². The maximum atomic E-state index is 13.5. The van der Waals surface area contributed by atoms with Crippen LogP contribution >= 0.6 is 0 Å². The van der Waals surface area contributed by atoms with E-state index in [0.717, 1.165) is 22.5 Å². The summed E-state index contributed by atoms with van der Waals surface area (Å²) in [7, 11) is 2.49. The number of rotatable bonds is 15. The number of esters is 1. The summed E-state index contributed by atoms with van der Waals surface area (Å²) in [5.41, 5.74) is -2.13. The maximum absolute atomic E-state index is 13.5. The van der Waals surface area contributed by atoms with E-state index in [0.29, 0.717) is 31.4 Å². The molecule has 0 spiro atoms. The van der Waals surface area contributed by atoms with E-state index in [-0.39, 0.29) is 35.7 Å². The average molecular weight is 694 g/mol. The van der Waals surface area contributed by atoms with Gasteiger partial charge in [0, 0.05) is 26.2 Å². The van der Waals surface area contributed by atoms with E-state index in [9.17, 15) is 33.6 Å². The van der Waals surface area contributed by atoms with Gasteiger partial charge in [-0.2, -0.15) is 0 Å². The van der Waals surface area contributed by atoms with Crippen LogP contribution in [0.2, 0.25) is 0 Å². The first-order valence-electron chi connectivity index (χ1n) is 15.9. The van der Waals surface area contributed by atoms with Gasteiger partial charge < -0.3 is 34.8 Å². The van der Waals surface area contributed by atoms with Gasteiger partial charge in [0.1, 0.15) is 29.2 Å². The van der Waals surface area contributed by atoms with Gasteiger partial charge in [0.25, 0.3) is 22.9 Å². The van der Waals surface area contributed by atoms with Crippen LogP contribution in [-0.4, -0.2) is 70.8 Å². The molecule has 3 N–H and O–H groups in total. The largest absolute Gasteiger partial charge is 0.465 e. The van der Waals surface area contributed by atoms with Crippen LogP contribution in [0.5, 0.6) is 0 Å². The molecule has 3 aromatic rings. The molecular formula is C35H43N5O10. The summed E-state index contributed by atoms with van der Waals surface area (Å²) < 4.78 is 11.7. The van der Waals surface area contributed by atoms with Gasteiger partial charge in [0.15, 0.2) is 5.78 Å². The first-order valence-corrected chi connectivity index (χ1v) is 15.9. The van der Waals surface area contributed by atoms with Crippen LogP contribution in [0.4, 0.5) is 4.79 Å². The highest BCUT2D eigenvalue weighted by Gasteiger charge is 2.23. The Kier molecular flexibility index (Phi) is 13.6. The highest BCUT2D eigenvalue weighted by Crippen LogP contribution is 2.09. The number of carbonyl (C=O) groups excluding carboxylic acids is 5. The fourth-order valence-electron chi connectivity index (χ4n) is 4.74. The van der Waals surface area contributed by atoms with Gasteiger partial charge in [-0.25, -0.2) is 9.59 Å². The molecule has 2 aromatic heterocycles. The molecule has 50 heavy (non-hydrogen) atoms. The van der Waals surface area contributed by atoms with Crippen molar-refractivity contribution in [1.29, 1.82) is 0 Å². The van der Waals surface area contributed by atoms with E-state index >= 15 is 0 Å². The predicted octanol–water partition coefficient (Wildman–Crippen LogP) is 2.39. The van der Waals surface area contributed by atoms with Crippen molar-refractivity contribution in [3.05, 3.63) is 103 Å². The lowest BCUT2D eigenvalue weighted by Crippen LogP contribution is -2.46. The minimum atomic E-state index is -0.909. The smallest absolute Gasteiger partial charge is 0.407 e. The Bertz CT molecular complexity index is 1830. The third-order valence-electron chi connectivity index (χ3n) is 7.29. The average Bonchev–Trinajstić information content (AvgIpc) is 3.06. The lowest BCUT2D eigenvalue weighted by atomic mass is 10.1. The normalized spacial score (nSPS) is 11.6. The summed E-state index contributed by atoms with van der Waals surface area (Å²) >= 11 is 0. The number of pyridine rings is 2. The summed E-state index contributed by atoms with van der Waals surface area (Å²) in [5, 5.41) is 8.20. The quantitative estimate of drug-likeness (QED) is 0.121. The first-order chi connectivity index (χ1) is 23.6. The van der Waals surface area contributed by atoms with Crippen LogP contribution in [0.3, 0.4) is 0 Å². The molecule has 0 aliphatic carbocycles. The van der Waals surface area contributed by atoms with Crippen molar-refractivity contribution in [3.8, 4) is 0 Å². The molecule has 0 bridgehead atoms. The molecule has 0 unspecified atom stereocenters. The van der Waals surface area contributed by atoms with Crippen LogP contribution in [0.25, 0.3) is 0 Å². The highest BCUT2D eigenvalue weighted by molar-refractivity contribution is 5.97. The Morgan fingerprint density at radius 2 is 1.48 bits per heavy atom. The predicted molar refractivity (Wildman–Crippen MR) is 182 cm³/mol. The number of amides is 3. The Hall–Kier alpha value is -5.73. The summed E-state index contributed by atoms with van der Waals surface area (Å²) in [4.78, 5) is 94.4. The van der Waals surface area contributed by atoms with Gasteiger partial charge in [-0.3, -0.25) is 24.0 Å². The molecule has 0 saturated carbocycles. The molecule has 268 valence electrons. The molecule has 15 nitrogen and oxygen atoms in total. The lowest BCUT2D eigenvalue weighted by molar-refractivity contribution is 0.0525. The number of Topliss-reactive ketones (excluding diaryl/α,β-unsaturated/α-hetero) is 1. The molecule has 0 saturated heterocycles. The Balaban J connectivity index is 1.81. The third kappa shape index (κ3) is 10.9. The van der Waals surface area contributed by atoms with E-state index < -0.39 is 52.4 Å². The fraction of sp³-hybridized carbons (Fsp3) is 0.400. The number of carbonyl (C=O) groups is 5. The fourth-order valence-corrected chi connectivity index (χ4v) is 4.74. The summed E-state index contributed by atoms with van der Waals surface area (Å²) in [5.74, 6) is -2.72. The molecule has 0 fully saturated rings. The van der Waals surface area contributed by atoms with Crippen molar-refractivity contribution in [2.75, 3.05) is 20.2 Å².